The average molecular weight is 202 g/mol. The highest BCUT2D eigenvalue weighted by atomic mass is 16.1. The van der Waals surface area contributed by atoms with Gasteiger partial charge in [0.2, 0.25) is 0 Å². The maximum atomic E-state index is 12.0. The van der Waals surface area contributed by atoms with Gasteiger partial charge in [-0.3, -0.25) is 9.59 Å². The van der Waals surface area contributed by atoms with Crippen LogP contribution < -0.4 is 0 Å². The molecule has 1 atom stereocenters. The molecule has 1 fully saturated rings. The van der Waals surface area contributed by atoms with Gasteiger partial charge in [0.25, 0.3) is 0 Å². The van der Waals surface area contributed by atoms with Crippen molar-refractivity contribution in [1.82, 2.24) is 0 Å². The molecule has 0 N–H and O–H groups in total. The molecule has 1 saturated carbocycles. The summed E-state index contributed by atoms with van der Waals surface area (Å²) in [5, 5.41) is 0. The molecule has 1 aromatic rings. The monoisotopic (exact) mass is 202 g/mol. The van der Waals surface area contributed by atoms with E-state index in [1.54, 1.807) is 0 Å². The van der Waals surface area contributed by atoms with E-state index in [2.05, 4.69) is 0 Å². The fourth-order valence-corrected chi connectivity index (χ4v) is 2.07. The largest absolute Gasteiger partial charge is 0.300 e. The smallest absolute Gasteiger partial charge is 0.166 e. The first-order valence-electron chi connectivity index (χ1n) is 5.29. The highest BCUT2D eigenvalue weighted by Gasteiger charge is 2.28. The van der Waals surface area contributed by atoms with E-state index in [-0.39, 0.29) is 17.5 Å². The summed E-state index contributed by atoms with van der Waals surface area (Å²) in [6.07, 6.45) is 1.74. The zero-order valence-corrected chi connectivity index (χ0v) is 8.82. The SMILES string of the molecule is Cc1cccc(C(=O)C2CCC(=O)C2)c1. The lowest BCUT2D eigenvalue weighted by molar-refractivity contribution is -0.117. The van der Waals surface area contributed by atoms with Gasteiger partial charge in [-0.1, -0.05) is 23.8 Å². The van der Waals surface area contributed by atoms with Crippen molar-refractivity contribution in [3.8, 4) is 0 Å². The normalized spacial score (nSPS) is 20.6. The zero-order chi connectivity index (χ0) is 10.8. The zero-order valence-electron chi connectivity index (χ0n) is 8.82. The summed E-state index contributed by atoms with van der Waals surface area (Å²) in [5.74, 6) is 0.282. The molecule has 2 rings (SSSR count). The Morgan fingerprint density at radius 3 is 2.80 bits per heavy atom. The van der Waals surface area contributed by atoms with Crippen LogP contribution in [0.15, 0.2) is 24.3 Å². The second kappa shape index (κ2) is 3.97. The van der Waals surface area contributed by atoms with Gasteiger partial charge in [-0.15, -0.1) is 0 Å². The summed E-state index contributed by atoms with van der Waals surface area (Å²) in [6.45, 7) is 1.97. The predicted molar refractivity (Wildman–Crippen MR) is 57.9 cm³/mol. The highest BCUT2D eigenvalue weighted by molar-refractivity contribution is 6.01. The van der Waals surface area contributed by atoms with E-state index in [0.717, 1.165) is 17.5 Å². The van der Waals surface area contributed by atoms with E-state index < -0.39 is 0 Å². The van der Waals surface area contributed by atoms with Crippen LogP contribution in [0.3, 0.4) is 0 Å². The second-order valence-corrected chi connectivity index (χ2v) is 4.21. The van der Waals surface area contributed by atoms with Crippen LogP contribution in [0, 0.1) is 12.8 Å². The van der Waals surface area contributed by atoms with Crippen LogP contribution in [0.4, 0.5) is 0 Å². The lowest BCUT2D eigenvalue weighted by Gasteiger charge is -2.07. The topological polar surface area (TPSA) is 34.1 Å². The molecule has 1 aromatic carbocycles. The van der Waals surface area contributed by atoms with Gasteiger partial charge in [-0.25, -0.2) is 0 Å². The summed E-state index contributed by atoms with van der Waals surface area (Å²) in [7, 11) is 0. The van der Waals surface area contributed by atoms with Crippen LogP contribution in [-0.2, 0) is 4.79 Å². The first-order chi connectivity index (χ1) is 7.16. The molecule has 2 heteroatoms. The van der Waals surface area contributed by atoms with Gasteiger partial charge in [-0.2, -0.15) is 0 Å². The molecular weight excluding hydrogens is 188 g/mol. The molecule has 0 saturated heterocycles. The number of aryl methyl sites for hydroxylation is 1. The molecule has 0 amide bonds. The number of hydrogen-bond acceptors (Lipinski definition) is 2. The van der Waals surface area contributed by atoms with Crippen molar-refractivity contribution < 1.29 is 9.59 Å². The third-order valence-corrected chi connectivity index (χ3v) is 2.92. The Morgan fingerprint density at radius 1 is 1.40 bits per heavy atom. The quantitative estimate of drug-likeness (QED) is 0.691. The van der Waals surface area contributed by atoms with Crippen LogP contribution in [0.1, 0.15) is 35.2 Å². The van der Waals surface area contributed by atoms with Crippen LogP contribution in [0.2, 0.25) is 0 Å². The van der Waals surface area contributed by atoms with Gasteiger partial charge in [0, 0.05) is 24.3 Å². The summed E-state index contributed by atoms with van der Waals surface area (Å²) in [4.78, 5) is 23.1. The fraction of sp³-hybridized carbons (Fsp3) is 0.385. The summed E-state index contributed by atoms with van der Waals surface area (Å²) in [5.41, 5.74) is 1.83. The molecule has 0 heterocycles. The van der Waals surface area contributed by atoms with Gasteiger partial charge < -0.3 is 0 Å². The molecule has 0 bridgehead atoms. The molecule has 0 aliphatic heterocycles. The number of rotatable bonds is 2. The van der Waals surface area contributed by atoms with Crippen molar-refractivity contribution >= 4 is 11.6 Å². The standard InChI is InChI=1S/C13H14O2/c1-9-3-2-4-10(7-9)13(15)11-5-6-12(14)8-11/h2-4,7,11H,5-6,8H2,1H3. The number of benzene rings is 1. The van der Waals surface area contributed by atoms with E-state index in [9.17, 15) is 9.59 Å². The van der Waals surface area contributed by atoms with Crippen LogP contribution in [-0.4, -0.2) is 11.6 Å². The van der Waals surface area contributed by atoms with Gasteiger partial charge in [-0.05, 0) is 19.4 Å². The summed E-state index contributed by atoms with van der Waals surface area (Å²) >= 11 is 0. The van der Waals surface area contributed by atoms with Crippen molar-refractivity contribution in [3.63, 3.8) is 0 Å². The molecule has 0 radical (unpaired) electrons. The molecule has 1 unspecified atom stereocenters. The predicted octanol–water partition coefficient (Wildman–Crippen LogP) is 2.55. The highest BCUT2D eigenvalue weighted by Crippen LogP contribution is 2.25. The third-order valence-electron chi connectivity index (χ3n) is 2.92. The van der Waals surface area contributed by atoms with E-state index in [1.807, 2.05) is 31.2 Å². The molecule has 78 valence electrons. The summed E-state index contributed by atoms with van der Waals surface area (Å²) in [6, 6.07) is 7.58. The first-order valence-corrected chi connectivity index (χ1v) is 5.29. The number of Topliss-reactive ketones (excluding diaryl/α,β-unsaturated/α-hetero) is 2. The Morgan fingerprint density at radius 2 is 2.20 bits per heavy atom. The molecule has 2 nitrogen and oxygen atoms in total. The minimum atomic E-state index is -0.0701. The minimum Gasteiger partial charge on any atom is -0.300 e. The molecule has 15 heavy (non-hydrogen) atoms. The Bertz CT molecular complexity index is 407. The maximum absolute atomic E-state index is 12.0. The van der Waals surface area contributed by atoms with Crippen molar-refractivity contribution in [2.75, 3.05) is 0 Å². The minimum absolute atomic E-state index is 0.0701. The van der Waals surface area contributed by atoms with E-state index in [0.29, 0.717) is 12.8 Å². The fourth-order valence-electron chi connectivity index (χ4n) is 2.07. The molecule has 1 aliphatic rings. The Balaban J connectivity index is 2.17. The van der Waals surface area contributed by atoms with E-state index in [1.165, 1.54) is 0 Å². The van der Waals surface area contributed by atoms with Crippen molar-refractivity contribution in [3.05, 3.63) is 35.4 Å². The van der Waals surface area contributed by atoms with Gasteiger partial charge >= 0.3 is 0 Å². The van der Waals surface area contributed by atoms with E-state index >= 15 is 0 Å². The third kappa shape index (κ3) is 2.14. The van der Waals surface area contributed by atoms with Gasteiger partial charge in [0.1, 0.15) is 5.78 Å². The van der Waals surface area contributed by atoms with Crippen molar-refractivity contribution in [2.45, 2.75) is 26.2 Å². The number of carbonyl (C=O) groups is 2. The Labute approximate surface area is 89.3 Å². The van der Waals surface area contributed by atoms with Gasteiger partial charge in [0.15, 0.2) is 5.78 Å². The second-order valence-electron chi connectivity index (χ2n) is 4.21. The van der Waals surface area contributed by atoms with Crippen molar-refractivity contribution in [2.24, 2.45) is 5.92 Å². The number of carbonyl (C=O) groups excluding carboxylic acids is 2. The molecule has 0 aromatic heterocycles. The Hall–Kier alpha value is -1.44. The van der Waals surface area contributed by atoms with Gasteiger partial charge in [0.05, 0.1) is 0 Å². The number of hydrogen-bond donors (Lipinski definition) is 0. The Kier molecular flexibility index (Phi) is 2.67. The van der Waals surface area contributed by atoms with Crippen LogP contribution in [0.5, 0.6) is 0 Å². The van der Waals surface area contributed by atoms with Crippen LogP contribution in [0.25, 0.3) is 0 Å². The number of ketones is 2. The average Bonchev–Trinajstić information content (AvgIpc) is 2.64. The molecule has 0 spiro atoms. The summed E-state index contributed by atoms with van der Waals surface area (Å²) < 4.78 is 0. The lowest BCUT2D eigenvalue weighted by Crippen LogP contribution is -2.11. The molecule has 1 aliphatic carbocycles. The lowest BCUT2D eigenvalue weighted by atomic mass is 9.95. The molecular formula is C13H14O2. The van der Waals surface area contributed by atoms with Crippen molar-refractivity contribution in [1.29, 1.82) is 0 Å². The van der Waals surface area contributed by atoms with Crippen LogP contribution >= 0.6 is 0 Å². The van der Waals surface area contributed by atoms with E-state index in [4.69, 9.17) is 0 Å². The maximum Gasteiger partial charge on any atom is 0.166 e. The first kappa shape index (κ1) is 10.1.